The van der Waals surface area contributed by atoms with Crippen molar-refractivity contribution in [2.24, 2.45) is 0 Å². The first-order valence-corrected chi connectivity index (χ1v) is 13.9. The predicted octanol–water partition coefficient (Wildman–Crippen LogP) is 5.38. The molecule has 2 fully saturated rings. The van der Waals surface area contributed by atoms with E-state index in [4.69, 9.17) is 4.74 Å². The third kappa shape index (κ3) is 5.31. The molecular weight excluding hydrogens is 506 g/mol. The maximum atomic E-state index is 13.1. The van der Waals surface area contributed by atoms with Crippen LogP contribution in [0.3, 0.4) is 0 Å². The van der Waals surface area contributed by atoms with Crippen molar-refractivity contribution in [3.05, 3.63) is 54.5 Å². The molecule has 2 atom stereocenters. The lowest BCUT2D eigenvalue weighted by Crippen LogP contribution is -2.45. The molecule has 10 heteroatoms. The Morgan fingerprint density at radius 2 is 1.80 bits per heavy atom. The van der Waals surface area contributed by atoms with Crippen molar-refractivity contribution in [2.45, 2.75) is 64.1 Å². The van der Waals surface area contributed by atoms with Crippen LogP contribution in [0.4, 0.5) is 10.6 Å². The van der Waals surface area contributed by atoms with E-state index in [2.05, 4.69) is 55.1 Å². The monoisotopic (exact) mass is 541 g/mol. The number of H-pyrrole nitrogens is 2. The molecule has 2 aliphatic rings. The van der Waals surface area contributed by atoms with Crippen molar-refractivity contribution in [3.63, 3.8) is 0 Å². The van der Waals surface area contributed by atoms with E-state index in [1.807, 2.05) is 45.2 Å². The summed E-state index contributed by atoms with van der Waals surface area (Å²) in [5.41, 5.74) is 4.39. The number of hydrogen-bond acceptors (Lipinski definition) is 6. The molecule has 0 unspecified atom stereocenters. The number of carbonyl (C=O) groups excluding carboxylic acids is 2. The first-order chi connectivity index (χ1) is 19.2. The smallest absolute Gasteiger partial charge is 0.410 e. The topological polar surface area (TPSA) is 128 Å². The number of fused-ring (bicyclic) bond motifs is 1. The van der Waals surface area contributed by atoms with Gasteiger partial charge in [-0.1, -0.05) is 30.3 Å². The molecule has 0 spiro atoms. The minimum atomic E-state index is -0.619. The Balaban J connectivity index is 1.15. The average Bonchev–Trinajstić information content (AvgIpc) is 3.74. The van der Waals surface area contributed by atoms with Crippen molar-refractivity contribution >= 4 is 28.7 Å². The summed E-state index contributed by atoms with van der Waals surface area (Å²) in [6.45, 7) is 6.99. The number of imidazole rings is 1. The quantitative estimate of drug-likeness (QED) is 0.269. The van der Waals surface area contributed by atoms with Crippen molar-refractivity contribution < 1.29 is 14.3 Å². The Labute approximate surface area is 232 Å². The first kappa shape index (κ1) is 26.1. The largest absolute Gasteiger partial charge is 0.444 e. The maximum absolute atomic E-state index is 13.1. The highest BCUT2D eigenvalue weighted by Gasteiger charge is 2.37. The van der Waals surface area contributed by atoms with Crippen LogP contribution in [0.25, 0.3) is 33.3 Å². The van der Waals surface area contributed by atoms with Gasteiger partial charge in [-0.15, -0.1) is 0 Å². The molecule has 0 bridgehead atoms. The summed E-state index contributed by atoms with van der Waals surface area (Å²) in [4.78, 5) is 35.3. The van der Waals surface area contributed by atoms with Crippen LogP contribution in [-0.4, -0.2) is 61.8 Å². The van der Waals surface area contributed by atoms with Crippen molar-refractivity contribution in [1.82, 2.24) is 30.4 Å². The molecule has 208 valence electrons. The molecule has 4 heterocycles. The number of benzene rings is 2. The minimum absolute atomic E-state index is 0.262. The van der Waals surface area contributed by atoms with Gasteiger partial charge in [-0.3, -0.25) is 14.8 Å². The Hall–Kier alpha value is -4.18. The zero-order chi connectivity index (χ0) is 27.9. The van der Waals surface area contributed by atoms with Gasteiger partial charge in [0.1, 0.15) is 17.5 Å². The average molecular weight is 542 g/mol. The highest BCUT2D eigenvalue weighted by atomic mass is 16.6. The second-order valence-corrected chi connectivity index (χ2v) is 11.6. The molecule has 2 aliphatic heterocycles. The van der Waals surface area contributed by atoms with E-state index >= 15 is 0 Å². The van der Waals surface area contributed by atoms with Gasteiger partial charge >= 0.3 is 6.09 Å². The van der Waals surface area contributed by atoms with E-state index < -0.39 is 17.7 Å². The fourth-order valence-electron chi connectivity index (χ4n) is 5.49. The lowest BCUT2D eigenvalue weighted by molar-refractivity contribution is -0.120. The lowest BCUT2D eigenvalue weighted by atomic mass is 10.0. The summed E-state index contributed by atoms with van der Waals surface area (Å²) in [6.07, 6.45) is 5.06. The van der Waals surface area contributed by atoms with Crippen LogP contribution >= 0.6 is 0 Å². The van der Waals surface area contributed by atoms with E-state index in [0.29, 0.717) is 24.8 Å². The summed E-state index contributed by atoms with van der Waals surface area (Å²) in [7, 11) is 0. The molecule has 0 saturated carbocycles. The van der Waals surface area contributed by atoms with Gasteiger partial charge in [-0.25, -0.2) is 9.78 Å². The molecular formula is C30H35N7O3. The van der Waals surface area contributed by atoms with Crippen LogP contribution in [0.1, 0.15) is 58.3 Å². The molecule has 2 aromatic carbocycles. The number of rotatable bonds is 5. The first-order valence-electron chi connectivity index (χ1n) is 13.9. The van der Waals surface area contributed by atoms with Crippen LogP contribution in [0.2, 0.25) is 0 Å². The third-order valence-electron chi connectivity index (χ3n) is 7.50. The van der Waals surface area contributed by atoms with Crippen molar-refractivity contribution in [1.29, 1.82) is 0 Å². The van der Waals surface area contributed by atoms with Crippen LogP contribution in [0, 0.1) is 0 Å². The van der Waals surface area contributed by atoms with E-state index in [1.165, 1.54) is 11.3 Å². The third-order valence-corrected chi connectivity index (χ3v) is 7.50. The van der Waals surface area contributed by atoms with E-state index in [9.17, 15) is 9.59 Å². The molecule has 10 nitrogen and oxygen atoms in total. The number of nitrogens with one attached hydrogen (secondary N) is 4. The van der Waals surface area contributed by atoms with E-state index in [-0.39, 0.29) is 5.91 Å². The van der Waals surface area contributed by atoms with Gasteiger partial charge in [0.25, 0.3) is 0 Å². The second-order valence-electron chi connectivity index (χ2n) is 11.6. The molecule has 2 saturated heterocycles. The Bertz CT molecular complexity index is 1530. The van der Waals surface area contributed by atoms with Crippen molar-refractivity contribution in [2.75, 3.05) is 18.4 Å². The zero-order valence-corrected chi connectivity index (χ0v) is 23.1. The van der Waals surface area contributed by atoms with Crippen LogP contribution in [-0.2, 0) is 9.53 Å². The van der Waals surface area contributed by atoms with Crippen LogP contribution in [0.15, 0.2) is 48.7 Å². The maximum Gasteiger partial charge on any atom is 0.410 e. The fourth-order valence-corrected chi connectivity index (χ4v) is 5.49. The van der Waals surface area contributed by atoms with Gasteiger partial charge in [-0.2, -0.15) is 5.10 Å². The summed E-state index contributed by atoms with van der Waals surface area (Å²) >= 11 is 0. The molecule has 4 aromatic rings. The highest BCUT2D eigenvalue weighted by molar-refractivity contribution is 6.03. The molecule has 0 aliphatic carbocycles. The van der Waals surface area contributed by atoms with Crippen LogP contribution < -0.4 is 10.6 Å². The Morgan fingerprint density at radius 3 is 2.55 bits per heavy atom. The second kappa shape index (κ2) is 10.4. The Morgan fingerprint density at radius 1 is 1.02 bits per heavy atom. The van der Waals surface area contributed by atoms with Gasteiger partial charge < -0.3 is 20.4 Å². The van der Waals surface area contributed by atoms with Gasteiger partial charge in [0.15, 0.2) is 5.82 Å². The summed E-state index contributed by atoms with van der Waals surface area (Å²) in [5, 5.41) is 14.6. The SMILES string of the molecule is CC(C)(C)OC(=O)N1CCC[C@H]1C(=O)Nc1n[nH]c2cc(-c3ccc(-c4cnc([C@@H]5CCCN5)[nH]4)cc3)ccc12. The molecule has 40 heavy (non-hydrogen) atoms. The summed E-state index contributed by atoms with van der Waals surface area (Å²) in [5.74, 6) is 1.18. The number of carbonyl (C=O) groups is 2. The van der Waals surface area contributed by atoms with Gasteiger partial charge in [0.05, 0.1) is 23.4 Å². The zero-order valence-electron chi connectivity index (χ0n) is 23.1. The predicted molar refractivity (Wildman–Crippen MR) is 154 cm³/mol. The molecule has 2 aromatic heterocycles. The van der Waals surface area contributed by atoms with Gasteiger partial charge in [0.2, 0.25) is 5.91 Å². The summed E-state index contributed by atoms with van der Waals surface area (Å²) < 4.78 is 5.49. The van der Waals surface area contributed by atoms with Gasteiger partial charge in [-0.05, 0) is 81.8 Å². The molecule has 6 rings (SSSR count). The molecule has 0 radical (unpaired) electrons. The standard InChI is InChI=1S/C30H35N7O3/c1-30(2,3)40-29(39)37-15-5-7-25(37)28(38)34-26-21-13-12-20(16-23(21)35-36-26)18-8-10-19(11-9-18)24-17-32-27(33-24)22-6-4-14-31-22/h8-13,16-17,22,25,31H,4-7,14-15H2,1-3H3,(H,32,33)(H2,34,35,36,38)/t22-,25-/m0/s1. The number of ether oxygens (including phenoxy) is 1. The number of aromatic nitrogens is 4. The van der Waals surface area contributed by atoms with E-state index in [0.717, 1.165) is 58.5 Å². The van der Waals surface area contributed by atoms with E-state index in [1.54, 1.807) is 0 Å². The lowest BCUT2D eigenvalue weighted by Gasteiger charge is -2.27. The molecule has 4 N–H and O–H groups in total. The minimum Gasteiger partial charge on any atom is -0.444 e. The number of amides is 2. The normalized spacial score (nSPS) is 19.3. The number of aromatic amines is 2. The number of nitrogens with zero attached hydrogens (tertiary/aromatic N) is 3. The fraction of sp³-hybridized carbons (Fsp3) is 0.400. The number of anilines is 1. The van der Waals surface area contributed by atoms with Crippen molar-refractivity contribution in [3.8, 4) is 22.4 Å². The summed E-state index contributed by atoms with van der Waals surface area (Å²) in [6, 6.07) is 14.1. The number of hydrogen-bond donors (Lipinski definition) is 4. The Kier molecular flexibility index (Phi) is 6.79. The molecule has 2 amide bonds. The highest BCUT2D eigenvalue weighted by Crippen LogP contribution is 2.30. The van der Waals surface area contributed by atoms with Gasteiger partial charge in [0, 0.05) is 11.9 Å². The van der Waals surface area contributed by atoms with Crippen LogP contribution in [0.5, 0.6) is 0 Å². The number of likely N-dealkylation sites (tertiary alicyclic amines) is 1.